The molecule has 2 aromatic rings. The first kappa shape index (κ1) is 10.6. The van der Waals surface area contributed by atoms with Gasteiger partial charge in [-0.25, -0.2) is 9.50 Å². The van der Waals surface area contributed by atoms with E-state index in [4.69, 9.17) is 0 Å². The second-order valence-corrected chi connectivity index (χ2v) is 5.09. The van der Waals surface area contributed by atoms with Gasteiger partial charge in [-0.2, -0.15) is 5.10 Å². The van der Waals surface area contributed by atoms with Crippen molar-refractivity contribution in [1.29, 1.82) is 0 Å². The maximum Gasteiger partial charge on any atom is 0.152 e. The Labute approximate surface area is 101 Å². The van der Waals surface area contributed by atoms with Crippen LogP contribution in [0.25, 0.3) is 5.52 Å². The third-order valence-corrected chi connectivity index (χ3v) is 3.53. The third-order valence-electron chi connectivity index (χ3n) is 3.53. The third kappa shape index (κ3) is 2.12. The SMILES string of the molecule is Cc1cc2c(NCC(C)C3CC3)nccn2n1. The summed E-state index contributed by atoms with van der Waals surface area (Å²) >= 11 is 0. The minimum Gasteiger partial charge on any atom is -0.368 e. The molecule has 0 aliphatic heterocycles. The zero-order valence-corrected chi connectivity index (χ0v) is 10.3. The largest absolute Gasteiger partial charge is 0.368 e. The van der Waals surface area contributed by atoms with Crippen LogP contribution in [0.4, 0.5) is 5.82 Å². The Kier molecular flexibility index (Phi) is 2.50. The summed E-state index contributed by atoms with van der Waals surface area (Å²) in [5, 5.41) is 7.84. The van der Waals surface area contributed by atoms with E-state index in [9.17, 15) is 0 Å². The van der Waals surface area contributed by atoms with Gasteiger partial charge in [0.1, 0.15) is 5.52 Å². The molecule has 3 rings (SSSR count). The molecule has 1 fully saturated rings. The number of hydrogen-bond donors (Lipinski definition) is 1. The Morgan fingerprint density at radius 1 is 1.53 bits per heavy atom. The van der Waals surface area contributed by atoms with Crippen LogP contribution in [0.15, 0.2) is 18.5 Å². The molecule has 90 valence electrons. The van der Waals surface area contributed by atoms with Crippen LogP contribution in [0.1, 0.15) is 25.5 Å². The van der Waals surface area contributed by atoms with Gasteiger partial charge in [0.25, 0.3) is 0 Å². The molecular weight excluding hydrogens is 212 g/mol. The van der Waals surface area contributed by atoms with Crippen LogP contribution in [0.3, 0.4) is 0 Å². The maximum absolute atomic E-state index is 4.40. The second-order valence-electron chi connectivity index (χ2n) is 5.09. The van der Waals surface area contributed by atoms with Crippen LogP contribution in [-0.4, -0.2) is 21.1 Å². The smallest absolute Gasteiger partial charge is 0.152 e. The topological polar surface area (TPSA) is 42.2 Å². The molecule has 0 saturated heterocycles. The van der Waals surface area contributed by atoms with Crippen LogP contribution >= 0.6 is 0 Å². The summed E-state index contributed by atoms with van der Waals surface area (Å²) in [4.78, 5) is 4.40. The molecule has 4 heteroatoms. The lowest BCUT2D eigenvalue weighted by atomic mass is 10.1. The van der Waals surface area contributed by atoms with Crippen LogP contribution in [0.2, 0.25) is 0 Å². The van der Waals surface area contributed by atoms with Crippen molar-refractivity contribution in [3.8, 4) is 0 Å². The zero-order chi connectivity index (χ0) is 11.8. The highest BCUT2D eigenvalue weighted by atomic mass is 15.2. The fraction of sp³-hybridized carbons (Fsp3) is 0.538. The maximum atomic E-state index is 4.40. The summed E-state index contributed by atoms with van der Waals surface area (Å²) in [7, 11) is 0. The number of anilines is 1. The number of aryl methyl sites for hydroxylation is 1. The molecule has 0 bridgehead atoms. The van der Waals surface area contributed by atoms with E-state index < -0.39 is 0 Å². The molecule has 1 aliphatic rings. The van der Waals surface area contributed by atoms with E-state index in [-0.39, 0.29) is 0 Å². The van der Waals surface area contributed by atoms with Crippen molar-refractivity contribution < 1.29 is 0 Å². The van der Waals surface area contributed by atoms with E-state index in [1.807, 2.05) is 17.6 Å². The summed E-state index contributed by atoms with van der Waals surface area (Å²) in [6, 6.07) is 2.07. The average Bonchev–Trinajstić information content (AvgIpc) is 3.08. The van der Waals surface area contributed by atoms with Gasteiger partial charge in [0.2, 0.25) is 0 Å². The summed E-state index contributed by atoms with van der Waals surface area (Å²) in [6.45, 7) is 5.32. The van der Waals surface area contributed by atoms with Gasteiger partial charge in [-0.3, -0.25) is 0 Å². The number of hydrogen-bond acceptors (Lipinski definition) is 3. The molecule has 0 amide bonds. The fourth-order valence-corrected chi connectivity index (χ4v) is 2.27. The van der Waals surface area contributed by atoms with Crippen molar-refractivity contribution in [1.82, 2.24) is 14.6 Å². The first-order chi connectivity index (χ1) is 8.24. The molecular formula is C13H18N4. The molecule has 1 N–H and O–H groups in total. The van der Waals surface area contributed by atoms with Gasteiger partial charge in [0.15, 0.2) is 5.82 Å². The molecule has 1 unspecified atom stereocenters. The van der Waals surface area contributed by atoms with E-state index in [0.717, 1.165) is 35.4 Å². The first-order valence-electron chi connectivity index (χ1n) is 6.29. The first-order valence-corrected chi connectivity index (χ1v) is 6.29. The van der Waals surface area contributed by atoms with Crippen LogP contribution in [0.5, 0.6) is 0 Å². The Bertz CT molecular complexity index is 527. The summed E-state index contributed by atoms with van der Waals surface area (Å²) in [6.07, 6.45) is 6.47. The molecule has 2 aromatic heterocycles. The zero-order valence-electron chi connectivity index (χ0n) is 10.3. The van der Waals surface area contributed by atoms with Crippen molar-refractivity contribution in [2.24, 2.45) is 11.8 Å². The second kappa shape index (κ2) is 4.02. The minimum atomic E-state index is 0.737. The van der Waals surface area contributed by atoms with Crippen LogP contribution in [0, 0.1) is 18.8 Å². The van der Waals surface area contributed by atoms with Crippen molar-refractivity contribution in [2.75, 3.05) is 11.9 Å². The molecule has 0 aromatic carbocycles. The van der Waals surface area contributed by atoms with Gasteiger partial charge in [0, 0.05) is 18.9 Å². The van der Waals surface area contributed by atoms with E-state index in [2.05, 4.69) is 28.4 Å². The standard InChI is InChI=1S/C13H18N4/c1-9(11-3-4-11)8-15-13-12-7-10(2)16-17(12)6-5-14-13/h5-7,9,11H,3-4,8H2,1-2H3,(H,14,15). The normalized spacial score (nSPS) is 17.3. The molecule has 1 aliphatic carbocycles. The lowest BCUT2D eigenvalue weighted by Crippen LogP contribution is -2.14. The highest BCUT2D eigenvalue weighted by Crippen LogP contribution is 2.36. The predicted octanol–water partition coefficient (Wildman–Crippen LogP) is 2.50. The minimum absolute atomic E-state index is 0.737. The van der Waals surface area contributed by atoms with Crippen molar-refractivity contribution >= 4 is 11.3 Å². The van der Waals surface area contributed by atoms with Crippen LogP contribution < -0.4 is 5.32 Å². The lowest BCUT2D eigenvalue weighted by Gasteiger charge is -2.12. The lowest BCUT2D eigenvalue weighted by molar-refractivity contribution is 0.536. The summed E-state index contributed by atoms with van der Waals surface area (Å²) < 4.78 is 1.88. The highest BCUT2D eigenvalue weighted by molar-refractivity contribution is 5.67. The van der Waals surface area contributed by atoms with Crippen molar-refractivity contribution in [3.05, 3.63) is 24.2 Å². The van der Waals surface area contributed by atoms with Gasteiger partial charge in [-0.05, 0) is 37.7 Å². The van der Waals surface area contributed by atoms with Gasteiger partial charge in [-0.1, -0.05) is 6.92 Å². The summed E-state index contributed by atoms with van der Waals surface area (Å²) in [5.74, 6) is 2.61. The van der Waals surface area contributed by atoms with Crippen molar-refractivity contribution in [2.45, 2.75) is 26.7 Å². The Balaban J connectivity index is 1.79. The van der Waals surface area contributed by atoms with Crippen LogP contribution in [-0.2, 0) is 0 Å². The molecule has 0 spiro atoms. The number of fused-ring (bicyclic) bond motifs is 1. The molecule has 1 saturated carbocycles. The average molecular weight is 230 g/mol. The van der Waals surface area contributed by atoms with Gasteiger partial charge in [-0.15, -0.1) is 0 Å². The molecule has 17 heavy (non-hydrogen) atoms. The monoisotopic (exact) mass is 230 g/mol. The summed E-state index contributed by atoms with van der Waals surface area (Å²) in [5.41, 5.74) is 2.09. The quantitative estimate of drug-likeness (QED) is 0.877. The number of rotatable bonds is 4. The Hall–Kier alpha value is -1.58. The number of aromatic nitrogens is 3. The molecule has 1 atom stereocenters. The highest BCUT2D eigenvalue weighted by Gasteiger charge is 2.27. The Morgan fingerprint density at radius 3 is 3.12 bits per heavy atom. The van der Waals surface area contributed by atoms with E-state index >= 15 is 0 Å². The van der Waals surface area contributed by atoms with Gasteiger partial charge >= 0.3 is 0 Å². The van der Waals surface area contributed by atoms with Gasteiger partial charge in [0.05, 0.1) is 5.69 Å². The Morgan fingerprint density at radius 2 is 2.35 bits per heavy atom. The molecule has 4 nitrogen and oxygen atoms in total. The molecule has 2 heterocycles. The van der Waals surface area contributed by atoms with E-state index in [1.165, 1.54) is 12.8 Å². The fourth-order valence-electron chi connectivity index (χ4n) is 2.27. The van der Waals surface area contributed by atoms with Crippen molar-refractivity contribution in [3.63, 3.8) is 0 Å². The van der Waals surface area contributed by atoms with Gasteiger partial charge < -0.3 is 5.32 Å². The van der Waals surface area contributed by atoms with E-state index in [0.29, 0.717) is 0 Å². The number of nitrogens with one attached hydrogen (secondary N) is 1. The predicted molar refractivity (Wildman–Crippen MR) is 68.1 cm³/mol. The van der Waals surface area contributed by atoms with E-state index in [1.54, 1.807) is 6.20 Å². The molecule has 0 radical (unpaired) electrons. The number of nitrogens with zero attached hydrogens (tertiary/aromatic N) is 3.